The monoisotopic (exact) mass is 276 g/mol. The molecule has 0 fully saturated rings. The number of ether oxygens (including phenoxy) is 1. The highest BCUT2D eigenvalue weighted by Gasteiger charge is 2.33. The number of benzene rings is 2. The minimum absolute atomic E-state index is 0.160. The van der Waals surface area contributed by atoms with E-state index in [1.165, 1.54) is 12.1 Å². The highest BCUT2D eigenvalue weighted by molar-refractivity contribution is 5.42. The van der Waals surface area contributed by atoms with Gasteiger partial charge in [-0.05, 0) is 12.1 Å². The Kier molecular flexibility index (Phi) is 3.38. The predicted octanol–water partition coefficient (Wildman–Crippen LogP) is 2.65. The first-order chi connectivity index (χ1) is 9.72. The van der Waals surface area contributed by atoms with Gasteiger partial charge in [0.25, 0.3) is 0 Å². The molecule has 104 valence electrons. The summed E-state index contributed by atoms with van der Waals surface area (Å²) in [6, 6.07) is 11.1. The zero-order valence-electron chi connectivity index (χ0n) is 10.6. The SMILES string of the molecule is NNC(c1cccc(F)c1F)C1COc2ccccc21. The lowest BCUT2D eigenvalue weighted by Crippen LogP contribution is -2.34. The van der Waals surface area contributed by atoms with Crippen LogP contribution in [0.15, 0.2) is 42.5 Å². The van der Waals surface area contributed by atoms with E-state index < -0.39 is 17.7 Å². The minimum atomic E-state index is -0.880. The molecular formula is C15H14F2N2O. The van der Waals surface area contributed by atoms with E-state index in [0.717, 1.165) is 17.4 Å². The number of hydrogen-bond acceptors (Lipinski definition) is 3. The lowest BCUT2D eigenvalue weighted by atomic mass is 9.88. The highest BCUT2D eigenvalue weighted by Crippen LogP contribution is 2.41. The fourth-order valence-corrected chi connectivity index (χ4v) is 2.65. The predicted molar refractivity (Wildman–Crippen MR) is 71.1 cm³/mol. The summed E-state index contributed by atoms with van der Waals surface area (Å²) in [4.78, 5) is 0. The van der Waals surface area contributed by atoms with Gasteiger partial charge >= 0.3 is 0 Å². The first-order valence-corrected chi connectivity index (χ1v) is 6.34. The number of nitrogens with one attached hydrogen (secondary N) is 1. The van der Waals surface area contributed by atoms with Crippen molar-refractivity contribution in [3.63, 3.8) is 0 Å². The average molecular weight is 276 g/mol. The smallest absolute Gasteiger partial charge is 0.163 e. The molecule has 3 rings (SSSR count). The summed E-state index contributed by atoms with van der Waals surface area (Å²) in [7, 11) is 0. The van der Waals surface area contributed by atoms with Gasteiger partial charge in [-0.15, -0.1) is 0 Å². The second-order valence-electron chi connectivity index (χ2n) is 4.74. The summed E-state index contributed by atoms with van der Waals surface area (Å²) >= 11 is 0. The molecule has 0 saturated carbocycles. The standard InChI is InChI=1S/C15H14F2N2O/c16-12-6-3-5-10(14(12)17)15(19-18)11-8-20-13-7-2-1-4-9(11)13/h1-7,11,15,19H,8,18H2. The van der Waals surface area contributed by atoms with E-state index in [1.54, 1.807) is 0 Å². The van der Waals surface area contributed by atoms with E-state index in [1.807, 2.05) is 24.3 Å². The van der Waals surface area contributed by atoms with Crippen LogP contribution in [0.4, 0.5) is 8.78 Å². The fourth-order valence-electron chi connectivity index (χ4n) is 2.65. The summed E-state index contributed by atoms with van der Waals surface area (Å²) in [6.45, 7) is 0.379. The molecule has 2 atom stereocenters. The zero-order chi connectivity index (χ0) is 14.1. The fraction of sp³-hybridized carbons (Fsp3) is 0.200. The van der Waals surface area contributed by atoms with Crippen molar-refractivity contribution in [1.82, 2.24) is 5.43 Å². The maximum Gasteiger partial charge on any atom is 0.163 e. The number of nitrogens with two attached hydrogens (primary N) is 1. The van der Waals surface area contributed by atoms with Crippen LogP contribution in [0.3, 0.4) is 0 Å². The molecule has 0 amide bonds. The molecule has 0 radical (unpaired) electrons. The molecule has 5 heteroatoms. The van der Waals surface area contributed by atoms with Crippen LogP contribution < -0.4 is 16.0 Å². The number of para-hydroxylation sites is 1. The van der Waals surface area contributed by atoms with E-state index in [9.17, 15) is 8.78 Å². The molecule has 0 aromatic heterocycles. The number of hydrogen-bond donors (Lipinski definition) is 2. The van der Waals surface area contributed by atoms with Gasteiger partial charge in [0.2, 0.25) is 0 Å². The lowest BCUT2D eigenvalue weighted by Gasteiger charge is -2.23. The normalized spacial score (nSPS) is 18.4. The number of hydrazine groups is 1. The molecule has 2 aromatic carbocycles. The van der Waals surface area contributed by atoms with E-state index in [2.05, 4.69) is 5.43 Å². The Bertz CT molecular complexity index is 633. The van der Waals surface area contributed by atoms with Gasteiger partial charge in [-0.3, -0.25) is 11.3 Å². The van der Waals surface area contributed by atoms with Gasteiger partial charge in [-0.2, -0.15) is 0 Å². The Morgan fingerprint density at radius 2 is 1.95 bits per heavy atom. The van der Waals surface area contributed by atoms with Crippen molar-refractivity contribution in [3.8, 4) is 5.75 Å². The van der Waals surface area contributed by atoms with Gasteiger partial charge in [0.1, 0.15) is 5.75 Å². The van der Waals surface area contributed by atoms with Crippen LogP contribution in [0.2, 0.25) is 0 Å². The molecule has 20 heavy (non-hydrogen) atoms. The van der Waals surface area contributed by atoms with Crippen LogP contribution in [-0.2, 0) is 0 Å². The van der Waals surface area contributed by atoms with E-state index >= 15 is 0 Å². The number of halogens is 2. The summed E-state index contributed by atoms with van der Waals surface area (Å²) in [5, 5.41) is 0. The lowest BCUT2D eigenvalue weighted by molar-refractivity contribution is 0.296. The topological polar surface area (TPSA) is 47.3 Å². The van der Waals surface area contributed by atoms with Crippen molar-refractivity contribution in [3.05, 3.63) is 65.2 Å². The Morgan fingerprint density at radius 1 is 1.15 bits per heavy atom. The van der Waals surface area contributed by atoms with Gasteiger partial charge in [-0.1, -0.05) is 30.3 Å². The van der Waals surface area contributed by atoms with E-state index in [4.69, 9.17) is 10.6 Å². The third kappa shape index (κ3) is 2.05. The van der Waals surface area contributed by atoms with Crippen molar-refractivity contribution < 1.29 is 13.5 Å². The first kappa shape index (κ1) is 13.0. The second-order valence-corrected chi connectivity index (χ2v) is 4.74. The molecule has 1 aliphatic rings. The number of fused-ring (bicyclic) bond motifs is 1. The minimum Gasteiger partial charge on any atom is -0.493 e. The third-order valence-corrected chi connectivity index (χ3v) is 3.64. The van der Waals surface area contributed by atoms with Crippen LogP contribution in [0.25, 0.3) is 0 Å². The largest absolute Gasteiger partial charge is 0.493 e. The molecule has 3 N–H and O–H groups in total. The zero-order valence-corrected chi connectivity index (χ0v) is 10.6. The van der Waals surface area contributed by atoms with Crippen molar-refractivity contribution >= 4 is 0 Å². The Morgan fingerprint density at radius 3 is 2.75 bits per heavy atom. The summed E-state index contributed by atoms with van der Waals surface area (Å²) in [6.07, 6.45) is 0. The van der Waals surface area contributed by atoms with E-state index in [0.29, 0.717) is 6.61 Å². The highest BCUT2D eigenvalue weighted by atomic mass is 19.2. The molecule has 1 heterocycles. The quantitative estimate of drug-likeness (QED) is 0.669. The molecule has 2 aromatic rings. The van der Waals surface area contributed by atoms with Crippen molar-refractivity contribution in [1.29, 1.82) is 0 Å². The van der Waals surface area contributed by atoms with Crippen molar-refractivity contribution in [2.45, 2.75) is 12.0 Å². The van der Waals surface area contributed by atoms with Gasteiger partial charge in [-0.25, -0.2) is 8.78 Å². The molecule has 1 aliphatic heterocycles. The first-order valence-electron chi connectivity index (χ1n) is 6.34. The van der Waals surface area contributed by atoms with Gasteiger partial charge < -0.3 is 4.74 Å². The molecule has 0 bridgehead atoms. The van der Waals surface area contributed by atoms with Gasteiger partial charge in [0.15, 0.2) is 11.6 Å². The van der Waals surface area contributed by atoms with Crippen LogP contribution in [0.1, 0.15) is 23.1 Å². The molecule has 0 saturated heterocycles. The second kappa shape index (κ2) is 5.19. The Hall–Kier alpha value is -1.98. The maximum absolute atomic E-state index is 14.0. The number of rotatable bonds is 3. The van der Waals surface area contributed by atoms with Gasteiger partial charge in [0.05, 0.1) is 12.6 Å². The maximum atomic E-state index is 14.0. The molecule has 0 aliphatic carbocycles. The van der Waals surface area contributed by atoms with E-state index in [-0.39, 0.29) is 11.5 Å². The summed E-state index contributed by atoms with van der Waals surface area (Å²) in [5.41, 5.74) is 3.73. The van der Waals surface area contributed by atoms with Crippen molar-refractivity contribution in [2.75, 3.05) is 6.61 Å². The molecule has 3 nitrogen and oxygen atoms in total. The summed E-state index contributed by atoms with van der Waals surface area (Å²) in [5.74, 6) is 4.41. The van der Waals surface area contributed by atoms with Crippen molar-refractivity contribution in [2.24, 2.45) is 5.84 Å². The van der Waals surface area contributed by atoms with Crippen LogP contribution in [0.5, 0.6) is 5.75 Å². The molecule has 0 spiro atoms. The Labute approximate surface area is 115 Å². The van der Waals surface area contributed by atoms with Crippen LogP contribution in [0, 0.1) is 11.6 Å². The third-order valence-electron chi connectivity index (χ3n) is 3.64. The summed E-state index contributed by atoms with van der Waals surface area (Å²) < 4.78 is 32.9. The Balaban J connectivity index is 2.02. The molecular weight excluding hydrogens is 262 g/mol. The van der Waals surface area contributed by atoms with Crippen LogP contribution in [-0.4, -0.2) is 6.61 Å². The van der Waals surface area contributed by atoms with Crippen LogP contribution >= 0.6 is 0 Å². The molecule has 2 unspecified atom stereocenters. The van der Waals surface area contributed by atoms with Gasteiger partial charge in [0, 0.05) is 17.0 Å². The average Bonchev–Trinajstić information content (AvgIpc) is 2.88.